The van der Waals surface area contributed by atoms with Crippen LogP contribution in [-0.2, 0) is 0 Å². The van der Waals surface area contributed by atoms with E-state index in [2.05, 4.69) is 33.6 Å². The number of hydrogen-bond donors (Lipinski definition) is 2. The van der Waals surface area contributed by atoms with E-state index in [1.54, 1.807) is 0 Å². The van der Waals surface area contributed by atoms with Crippen LogP contribution < -0.4 is 0 Å². The summed E-state index contributed by atoms with van der Waals surface area (Å²) in [5.74, 6) is 0.770. The quantitative estimate of drug-likeness (QED) is 0.739. The molecule has 0 aromatic rings. The van der Waals surface area contributed by atoms with Crippen LogP contribution in [0.5, 0.6) is 0 Å². The smallest absolute Gasteiger partial charge is 0.0436 e. The monoisotopic (exact) mass is 286 g/mol. The minimum Gasteiger partial charge on any atom is -0.396 e. The predicted molar refractivity (Wildman–Crippen MR) is 90.7 cm³/mol. The van der Waals surface area contributed by atoms with Gasteiger partial charge in [-0.05, 0) is 37.0 Å². The Kier molecular flexibility index (Phi) is 22.6. The molecule has 0 saturated heterocycles. The third-order valence-corrected chi connectivity index (χ3v) is 3.47. The molecule has 20 heavy (non-hydrogen) atoms. The van der Waals surface area contributed by atoms with E-state index in [0.717, 1.165) is 18.8 Å². The molecule has 0 spiro atoms. The van der Waals surface area contributed by atoms with Crippen molar-refractivity contribution >= 4 is 0 Å². The lowest BCUT2D eigenvalue weighted by Gasteiger charge is -2.39. The summed E-state index contributed by atoms with van der Waals surface area (Å²) in [5.41, 5.74) is 0.251. The fraction of sp³-hybridized carbons (Fsp3) is 0.889. The van der Waals surface area contributed by atoms with Gasteiger partial charge in [-0.1, -0.05) is 53.9 Å². The normalized spacial score (nSPS) is 19.1. The summed E-state index contributed by atoms with van der Waals surface area (Å²) >= 11 is 0. The Morgan fingerprint density at radius 3 is 1.75 bits per heavy atom. The molecule has 122 valence electrons. The molecule has 1 atom stereocenters. The van der Waals surface area contributed by atoms with Gasteiger partial charge >= 0.3 is 0 Å². The molecule has 1 fully saturated rings. The van der Waals surface area contributed by atoms with Crippen molar-refractivity contribution in [3.8, 4) is 12.8 Å². The first-order valence-corrected chi connectivity index (χ1v) is 8.19. The Morgan fingerprint density at radius 2 is 1.45 bits per heavy atom. The van der Waals surface area contributed by atoms with E-state index < -0.39 is 0 Å². The van der Waals surface area contributed by atoms with Gasteiger partial charge in [-0.3, -0.25) is 0 Å². The average molecular weight is 286 g/mol. The zero-order valence-electron chi connectivity index (χ0n) is 14.5. The Bertz CT molecular complexity index is 176. The molecular formula is C18H38O2. The van der Waals surface area contributed by atoms with Crippen molar-refractivity contribution in [2.75, 3.05) is 13.2 Å². The van der Waals surface area contributed by atoms with Crippen molar-refractivity contribution < 1.29 is 10.2 Å². The van der Waals surface area contributed by atoms with Crippen LogP contribution >= 0.6 is 0 Å². The second-order valence-electron chi connectivity index (χ2n) is 5.36. The summed E-state index contributed by atoms with van der Waals surface area (Å²) in [6.45, 7) is 11.1. The van der Waals surface area contributed by atoms with Gasteiger partial charge in [0.25, 0.3) is 0 Å². The van der Waals surface area contributed by atoms with Crippen LogP contribution in [0.2, 0.25) is 0 Å². The molecule has 2 nitrogen and oxygen atoms in total. The molecule has 2 N–H and O–H groups in total. The van der Waals surface area contributed by atoms with Crippen LogP contribution in [0.1, 0.15) is 79.6 Å². The molecule has 0 heterocycles. The molecule has 0 aromatic heterocycles. The van der Waals surface area contributed by atoms with Gasteiger partial charge in [0, 0.05) is 13.2 Å². The van der Waals surface area contributed by atoms with Crippen LogP contribution in [0.25, 0.3) is 0 Å². The van der Waals surface area contributed by atoms with E-state index in [9.17, 15) is 0 Å². The molecule has 0 amide bonds. The van der Waals surface area contributed by atoms with Crippen LogP contribution in [0, 0.1) is 24.2 Å². The lowest BCUT2D eigenvalue weighted by atomic mass is 9.67. The Labute approximate surface area is 128 Å². The SMILES string of the molecule is C#C.CC.CCC.C[C@@H]1CCCC(CCO)(CCO)C1. The lowest BCUT2D eigenvalue weighted by molar-refractivity contribution is 0.0709. The molecule has 0 aromatic carbocycles. The topological polar surface area (TPSA) is 40.5 Å². The minimum atomic E-state index is 0.251. The highest BCUT2D eigenvalue weighted by Gasteiger charge is 2.33. The minimum absolute atomic E-state index is 0.251. The largest absolute Gasteiger partial charge is 0.396 e. The van der Waals surface area contributed by atoms with Crippen molar-refractivity contribution in [3.05, 3.63) is 0 Å². The van der Waals surface area contributed by atoms with E-state index in [1.165, 1.54) is 32.1 Å². The van der Waals surface area contributed by atoms with Crippen LogP contribution in [0.3, 0.4) is 0 Å². The Hall–Kier alpha value is -0.520. The maximum atomic E-state index is 9.01. The third kappa shape index (κ3) is 12.5. The highest BCUT2D eigenvalue weighted by atomic mass is 16.3. The Balaban J connectivity index is -0.000000355. The van der Waals surface area contributed by atoms with Gasteiger partial charge in [0.2, 0.25) is 0 Å². The summed E-state index contributed by atoms with van der Waals surface area (Å²) in [6, 6.07) is 0. The first-order valence-electron chi connectivity index (χ1n) is 8.19. The lowest BCUT2D eigenvalue weighted by Crippen LogP contribution is -2.30. The number of rotatable bonds is 4. The Morgan fingerprint density at radius 1 is 1.05 bits per heavy atom. The number of terminal acetylenes is 1. The van der Waals surface area contributed by atoms with Crippen LogP contribution in [0.15, 0.2) is 0 Å². The molecule has 0 aliphatic heterocycles. The van der Waals surface area contributed by atoms with Gasteiger partial charge in [-0.15, -0.1) is 12.8 Å². The zero-order chi connectivity index (χ0) is 16.4. The summed E-state index contributed by atoms with van der Waals surface area (Å²) in [4.78, 5) is 0. The number of hydrogen-bond acceptors (Lipinski definition) is 2. The van der Waals surface area contributed by atoms with Crippen molar-refractivity contribution in [1.29, 1.82) is 0 Å². The fourth-order valence-electron chi connectivity index (χ4n) is 2.82. The number of aliphatic hydroxyl groups is 2. The van der Waals surface area contributed by atoms with Crippen molar-refractivity contribution in [3.63, 3.8) is 0 Å². The van der Waals surface area contributed by atoms with E-state index in [1.807, 2.05) is 13.8 Å². The molecule has 2 heteroatoms. The number of aliphatic hydroxyl groups excluding tert-OH is 2. The maximum Gasteiger partial charge on any atom is 0.0436 e. The standard InChI is InChI=1S/C11H22O2.C3H8.C2H6.C2H2/c1-10-3-2-4-11(9-10,5-7-12)6-8-13;1-3-2;2*1-2/h10,12-13H,2-9H2,1H3;3H2,1-2H3;1-2H3;1-2H/t10-;;;/m1.../s1. The van der Waals surface area contributed by atoms with E-state index in [4.69, 9.17) is 10.2 Å². The molecule has 0 unspecified atom stereocenters. The summed E-state index contributed by atoms with van der Waals surface area (Å²) in [7, 11) is 0. The molecular weight excluding hydrogens is 248 g/mol. The zero-order valence-corrected chi connectivity index (χ0v) is 14.5. The second-order valence-corrected chi connectivity index (χ2v) is 5.36. The van der Waals surface area contributed by atoms with Gasteiger partial charge < -0.3 is 10.2 Å². The summed E-state index contributed by atoms with van der Waals surface area (Å²) in [6.07, 6.45) is 16.0. The molecule has 1 saturated carbocycles. The highest BCUT2D eigenvalue weighted by molar-refractivity contribution is 4.84. The molecule has 1 aliphatic carbocycles. The average Bonchev–Trinajstić information content (AvgIpc) is 2.44. The van der Waals surface area contributed by atoms with Crippen molar-refractivity contribution in [1.82, 2.24) is 0 Å². The first kappa shape index (κ1) is 24.5. The first-order chi connectivity index (χ1) is 9.64. The highest BCUT2D eigenvalue weighted by Crippen LogP contribution is 2.44. The van der Waals surface area contributed by atoms with Gasteiger partial charge in [0.05, 0.1) is 0 Å². The third-order valence-electron chi connectivity index (χ3n) is 3.47. The second kappa shape index (κ2) is 18.5. The van der Waals surface area contributed by atoms with E-state index in [-0.39, 0.29) is 18.6 Å². The summed E-state index contributed by atoms with van der Waals surface area (Å²) < 4.78 is 0. The van der Waals surface area contributed by atoms with E-state index >= 15 is 0 Å². The maximum absolute atomic E-state index is 9.01. The molecule has 0 radical (unpaired) electrons. The molecule has 1 rings (SSSR count). The van der Waals surface area contributed by atoms with Gasteiger partial charge in [-0.2, -0.15) is 0 Å². The fourth-order valence-corrected chi connectivity index (χ4v) is 2.82. The van der Waals surface area contributed by atoms with Gasteiger partial charge in [0.1, 0.15) is 0 Å². The summed E-state index contributed by atoms with van der Waals surface area (Å²) in [5, 5.41) is 18.0. The van der Waals surface area contributed by atoms with Crippen molar-refractivity contribution in [2.45, 2.75) is 79.6 Å². The van der Waals surface area contributed by atoms with Crippen LogP contribution in [-0.4, -0.2) is 23.4 Å². The van der Waals surface area contributed by atoms with Crippen molar-refractivity contribution in [2.24, 2.45) is 11.3 Å². The molecule has 1 aliphatic rings. The van der Waals surface area contributed by atoms with Crippen LogP contribution in [0.4, 0.5) is 0 Å². The van der Waals surface area contributed by atoms with Gasteiger partial charge in [0.15, 0.2) is 0 Å². The molecule has 0 bridgehead atoms. The predicted octanol–water partition coefficient (Wildman–Crippen LogP) is 4.64. The van der Waals surface area contributed by atoms with Gasteiger partial charge in [-0.25, -0.2) is 0 Å². The van der Waals surface area contributed by atoms with E-state index in [0.29, 0.717) is 0 Å².